The van der Waals surface area contributed by atoms with E-state index in [1.807, 2.05) is 19.2 Å². The number of rotatable bonds is 4. The van der Waals surface area contributed by atoms with E-state index >= 15 is 0 Å². The minimum Gasteiger partial charge on any atom is -0.490 e. The second-order valence-electron chi connectivity index (χ2n) is 4.08. The second kappa shape index (κ2) is 6.12. The normalized spacial score (nSPS) is 16.4. The van der Waals surface area contributed by atoms with Crippen LogP contribution in [0.25, 0.3) is 0 Å². The molecule has 0 radical (unpaired) electrons. The average molecular weight is 256 g/mol. The van der Waals surface area contributed by atoms with Gasteiger partial charge >= 0.3 is 0 Å². The summed E-state index contributed by atoms with van der Waals surface area (Å²) in [7, 11) is 1.94. The van der Waals surface area contributed by atoms with Crippen LogP contribution in [0.4, 0.5) is 0 Å². The monoisotopic (exact) mass is 255 g/mol. The third-order valence-electron chi connectivity index (χ3n) is 2.92. The molecule has 3 nitrogen and oxygen atoms in total. The molecule has 1 aliphatic rings. The molecule has 0 saturated heterocycles. The lowest BCUT2D eigenvalue weighted by molar-refractivity contribution is 0.297. The van der Waals surface area contributed by atoms with Gasteiger partial charge in [-0.15, -0.1) is 11.6 Å². The van der Waals surface area contributed by atoms with Gasteiger partial charge in [-0.3, -0.25) is 0 Å². The lowest BCUT2D eigenvalue weighted by Crippen LogP contribution is -2.16. The van der Waals surface area contributed by atoms with Crippen LogP contribution in [-0.2, 0) is 0 Å². The Hall–Kier alpha value is -0.930. The fraction of sp³-hybridized carbons (Fsp3) is 0.538. The van der Waals surface area contributed by atoms with Gasteiger partial charge in [0.2, 0.25) is 0 Å². The fourth-order valence-corrected chi connectivity index (χ4v) is 2.20. The van der Waals surface area contributed by atoms with Crippen LogP contribution in [0.2, 0.25) is 0 Å². The van der Waals surface area contributed by atoms with E-state index in [1.165, 1.54) is 5.56 Å². The Labute approximate surface area is 107 Å². The van der Waals surface area contributed by atoms with E-state index in [2.05, 4.69) is 11.4 Å². The maximum absolute atomic E-state index is 5.80. The van der Waals surface area contributed by atoms with E-state index < -0.39 is 0 Å². The summed E-state index contributed by atoms with van der Waals surface area (Å²) in [6.45, 7) is 1.44. The van der Waals surface area contributed by atoms with Crippen molar-refractivity contribution in [1.29, 1.82) is 0 Å². The van der Waals surface area contributed by atoms with Crippen molar-refractivity contribution in [3.63, 3.8) is 0 Å². The summed E-state index contributed by atoms with van der Waals surface area (Å²) in [5, 5.41) is 3.26. The number of alkyl halides is 1. The van der Waals surface area contributed by atoms with Crippen molar-refractivity contribution in [1.82, 2.24) is 5.32 Å². The first-order valence-corrected chi connectivity index (χ1v) is 6.51. The van der Waals surface area contributed by atoms with Crippen LogP contribution < -0.4 is 14.8 Å². The molecule has 1 heterocycles. The summed E-state index contributed by atoms with van der Waals surface area (Å²) in [5.41, 5.74) is 1.19. The lowest BCUT2D eigenvalue weighted by atomic mass is 10.0. The van der Waals surface area contributed by atoms with Gasteiger partial charge in [0.05, 0.1) is 13.2 Å². The largest absolute Gasteiger partial charge is 0.490 e. The highest BCUT2D eigenvalue weighted by atomic mass is 35.5. The maximum Gasteiger partial charge on any atom is 0.161 e. The molecule has 1 atom stereocenters. The Morgan fingerprint density at radius 1 is 1.29 bits per heavy atom. The molecule has 1 unspecified atom stereocenters. The van der Waals surface area contributed by atoms with E-state index in [0.29, 0.717) is 5.88 Å². The Balaban J connectivity index is 2.21. The summed E-state index contributed by atoms with van der Waals surface area (Å²) < 4.78 is 11.3. The summed E-state index contributed by atoms with van der Waals surface area (Å²) in [5.74, 6) is 2.32. The van der Waals surface area contributed by atoms with Gasteiger partial charge in [-0.1, -0.05) is 6.07 Å². The molecule has 0 aromatic heterocycles. The van der Waals surface area contributed by atoms with Gasteiger partial charge in [-0.2, -0.15) is 0 Å². The van der Waals surface area contributed by atoms with E-state index in [4.69, 9.17) is 21.1 Å². The Kier molecular flexibility index (Phi) is 4.51. The van der Waals surface area contributed by atoms with E-state index in [0.717, 1.165) is 37.6 Å². The molecule has 0 bridgehead atoms. The summed E-state index contributed by atoms with van der Waals surface area (Å²) >= 11 is 5.80. The molecular weight excluding hydrogens is 238 g/mol. The second-order valence-corrected chi connectivity index (χ2v) is 4.45. The first kappa shape index (κ1) is 12.5. The molecule has 0 amide bonds. The molecule has 0 spiro atoms. The minimum atomic E-state index is 0.268. The molecule has 1 aromatic rings. The van der Waals surface area contributed by atoms with E-state index in [9.17, 15) is 0 Å². The number of fused-ring (bicyclic) bond motifs is 1. The first-order chi connectivity index (χ1) is 8.35. The number of hydrogen-bond acceptors (Lipinski definition) is 3. The zero-order valence-corrected chi connectivity index (χ0v) is 10.8. The SMILES string of the molecule is CNC(CCCl)c1ccc2c(c1)OCCCO2. The van der Waals surface area contributed by atoms with Crippen LogP contribution in [0.3, 0.4) is 0 Å². The summed E-state index contributed by atoms with van der Waals surface area (Å²) in [6.07, 6.45) is 1.83. The van der Waals surface area contributed by atoms with Crippen LogP contribution in [0.1, 0.15) is 24.4 Å². The molecule has 1 aliphatic heterocycles. The van der Waals surface area contributed by atoms with Gasteiger partial charge in [-0.25, -0.2) is 0 Å². The molecule has 1 N–H and O–H groups in total. The molecule has 94 valence electrons. The molecule has 17 heavy (non-hydrogen) atoms. The standard InChI is InChI=1S/C13H18ClNO2/c1-15-11(5-6-14)10-3-4-12-13(9-10)17-8-2-7-16-12/h3-4,9,11,15H,2,5-8H2,1H3. The molecule has 0 fully saturated rings. The van der Waals surface area contributed by atoms with Crippen molar-refractivity contribution < 1.29 is 9.47 Å². The zero-order valence-electron chi connectivity index (χ0n) is 10.0. The number of benzene rings is 1. The van der Waals surface area contributed by atoms with Crippen molar-refractivity contribution in [2.75, 3.05) is 26.1 Å². The fourth-order valence-electron chi connectivity index (χ4n) is 1.98. The highest BCUT2D eigenvalue weighted by molar-refractivity contribution is 6.17. The average Bonchev–Trinajstić information content (AvgIpc) is 2.60. The van der Waals surface area contributed by atoms with Crippen molar-refractivity contribution in [2.24, 2.45) is 0 Å². The summed E-state index contributed by atoms with van der Waals surface area (Å²) in [6, 6.07) is 6.37. The highest BCUT2D eigenvalue weighted by Crippen LogP contribution is 2.32. The maximum atomic E-state index is 5.80. The predicted molar refractivity (Wildman–Crippen MR) is 69.2 cm³/mol. The molecule has 4 heteroatoms. The molecular formula is C13H18ClNO2. The quantitative estimate of drug-likeness (QED) is 0.840. The zero-order chi connectivity index (χ0) is 12.1. The first-order valence-electron chi connectivity index (χ1n) is 5.98. The molecule has 0 saturated carbocycles. The molecule has 2 rings (SSSR count). The van der Waals surface area contributed by atoms with Gasteiger partial charge in [0.15, 0.2) is 11.5 Å². The van der Waals surface area contributed by atoms with Crippen LogP contribution in [-0.4, -0.2) is 26.1 Å². The van der Waals surface area contributed by atoms with Crippen LogP contribution in [0.15, 0.2) is 18.2 Å². The van der Waals surface area contributed by atoms with Crippen molar-refractivity contribution in [3.8, 4) is 11.5 Å². The van der Waals surface area contributed by atoms with Gasteiger partial charge in [0.1, 0.15) is 0 Å². The Morgan fingerprint density at radius 3 is 2.76 bits per heavy atom. The number of hydrogen-bond donors (Lipinski definition) is 1. The number of nitrogens with one attached hydrogen (secondary N) is 1. The topological polar surface area (TPSA) is 30.5 Å². The van der Waals surface area contributed by atoms with Crippen LogP contribution in [0, 0.1) is 0 Å². The Bertz CT molecular complexity index is 370. The van der Waals surface area contributed by atoms with Gasteiger partial charge < -0.3 is 14.8 Å². The van der Waals surface area contributed by atoms with Crippen molar-refractivity contribution >= 4 is 11.6 Å². The number of halogens is 1. The summed E-state index contributed by atoms with van der Waals surface area (Å²) in [4.78, 5) is 0. The molecule has 0 aliphatic carbocycles. The van der Waals surface area contributed by atoms with Crippen molar-refractivity contribution in [2.45, 2.75) is 18.9 Å². The predicted octanol–water partition coefficient (Wildman–Crippen LogP) is 2.74. The lowest BCUT2D eigenvalue weighted by Gasteiger charge is -2.17. The third kappa shape index (κ3) is 3.05. The number of ether oxygens (including phenoxy) is 2. The van der Waals surface area contributed by atoms with E-state index in [1.54, 1.807) is 0 Å². The minimum absolute atomic E-state index is 0.268. The smallest absolute Gasteiger partial charge is 0.161 e. The van der Waals surface area contributed by atoms with Crippen molar-refractivity contribution in [3.05, 3.63) is 23.8 Å². The highest BCUT2D eigenvalue weighted by Gasteiger charge is 2.14. The van der Waals surface area contributed by atoms with Crippen LogP contribution >= 0.6 is 11.6 Å². The van der Waals surface area contributed by atoms with Gasteiger partial charge in [0, 0.05) is 18.3 Å². The van der Waals surface area contributed by atoms with Gasteiger partial charge in [-0.05, 0) is 31.2 Å². The molecule has 1 aromatic carbocycles. The van der Waals surface area contributed by atoms with Gasteiger partial charge in [0.25, 0.3) is 0 Å². The van der Waals surface area contributed by atoms with E-state index in [-0.39, 0.29) is 6.04 Å². The van der Waals surface area contributed by atoms with Crippen LogP contribution in [0.5, 0.6) is 11.5 Å². The Morgan fingerprint density at radius 2 is 2.06 bits per heavy atom. The third-order valence-corrected chi connectivity index (χ3v) is 3.14.